The third kappa shape index (κ3) is 3.79. The second-order valence-electron chi connectivity index (χ2n) is 6.05. The first-order chi connectivity index (χ1) is 12.4. The van der Waals surface area contributed by atoms with E-state index in [1.165, 1.54) is 19.2 Å². The molecule has 0 radical (unpaired) electrons. The standard InChI is InChI=1S/C19H20N2O4S/c1-14(18-12-15-8-6-7-11-17(15)25-18)20-19(22)13-21(2)26(23,24)16-9-4-3-5-10-16/h3-12,14H,13H2,1-2H3,(H,20,22). The van der Waals surface area contributed by atoms with Crippen molar-refractivity contribution in [1.82, 2.24) is 9.62 Å². The number of nitrogens with zero attached hydrogens (tertiary/aromatic N) is 1. The maximum atomic E-state index is 12.5. The number of sulfonamides is 1. The van der Waals surface area contributed by atoms with Gasteiger partial charge in [-0.1, -0.05) is 36.4 Å². The fourth-order valence-electron chi connectivity index (χ4n) is 2.63. The Hall–Kier alpha value is -2.64. The second kappa shape index (κ2) is 7.31. The Kier molecular flexibility index (Phi) is 5.11. The van der Waals surface area contributed by atoms with Crippen molar-refractivity contribution in [2.24, 2.45) is 0 Å². The molecular weight excluding hydrogens is 352 g/mol. The molecule has 0 bridgehead atoms. The summed E-state index contributed by atoms with van der Waals surface area (Å²) in [7, 11) is -2.32. The van der Waals surface area contributed by atoms with Crippen molar-refractivity contribution in [3.8, 4) is 0 Å². The van der Waals surface area contributed by atoms with E-state index in [1.54, 1.807) is 25.1 Å². The van der Waals surface area contributed by atoms with Gasteiger partial charge in [-0.15, -0.1) is 0 Å². The molecule has 1 amide bonds. The van der Waals surface area contributed by atoms with Crippen molar-refractivity contribution in [1.29, 1.82) is 0 Å². The van der Waals surface area contributed by atoms with Crippen molar-refractivity contribution < 1.29 is 17.6 Å². The van der Waals surface area contributed by atoms with Crippen molar-refractivity contribution in [2.45, 2.75) is 17.9 Å². The zero-order chi connectivity index (χ0) is 18.7. The smallest absolute Gasteiger partial charge is 0.243 e. The molecule has 1 N–H and O–H groups in total. The zero-order valence-corrected chi connectivity index (χ0v) is 15.4. The van der Waals surface area contributed by atoms with Crippen LogP contribution in [-0.2, 0) is 14.8 Å². The summed E-state index contributed by atoms with van der Waals surface area (Å²) >= 11 is 0. The number of benzene rings is 2. The predicted molar refractivity (Wildman–Crippen MR) is 99.0 cm³/mol. The molecule has 1 heterocycles. The average molecular weight is 372 g/mol. The van der Waals surface area contributed by atoms with Crippen molar-refractivity contribution >= 4 is 26.9 Å². The van der Waals surface area contributed by atoms with Gasteiger partial charge in [0.2, 0.25) is 15.9 Å². The number of hydrogen-bond donors (Lipinski definition) is 1. The highest BCUT2D eigenvalue weighted by Crippen LogP contribution is 2.23. The van der Waals surface area contributed by atoms with E-state index in [0.29, 0.717) is 5.76 Å². The highest BCUT2D eigenvalue weighted by Gasteiger charge is 2.23. The minimum absolute atomic E-state index is 0.153. The number of nitrogens with one attached hydrogen (secondary N) is 1. The van der Waals surface area contributed by atoms with E-state index in [-0.39, 0.29) is 17.5 Å². The van der Waals surface area contributed by atoms with Crippen LogP contribution in [0, 0.1) is 0 Å². The number of carbonyl (C=O) groups is 1. The lowest BCUT2D eigenvalue weighted by Crippen LogP contribution is -2.39. The maximum absolute atomic E-state index is 12.5. The van der Waals surface area contributed by atoms with Crippen LogP contribution in [0.4, 0.5) is 0 Å². The van der Waals surface area contributed by atoms with Crippen molar-refractivity contribution in [3.05, 3.63) is 66.4 Å². The van der Waals surface area contributed by atoms with Crippen LogP contribution in [0.3, 0.4) is 0 Å². The van der Waals surface area contributed by atoms with E-state index in [2.05, 4.69) is 5.32 Å². The maximum Gasteiger partial charge on any atom is 0.243 e. The van der Waals surface area contributed by atoms with E-state index < -0.39 is 15.9 Å². The molecule has 1 atom stereocenters. The molecule has 1 unspecified atom stereocenters. The Morgan fingerprint density at radius 2 is 1.77 bits per heavy atom. The van der Waals surface area contributed by atoms with Gasteiger partial charge in [-0.25, -0.2) is 8.42 Å². The summed E-state index contributed by atoms with van der Waals surface area (Å²) < 4.78 is 31.7. The van der Waals surface area contributed by atoms with Gasteiger partial charge in [-0.3, -0.25) is 4.79 Å². The topological polar surface area (TPSA) is 79.6 Å². The highest BCUT2D eigenvalue weighted by atomic mass is 32.2. The molecule has 0 aliphatic carbocycles. The molecule has 1 aromatic heterocycles. The molecule has 0 saturated heterocycles. The monoisotopic (exact) mass is 372 g/mol. The lowest BCUT2D eigenvalue weighted by atomic mass is 10.2. The molecule has 136 valence electrons. The van der Waals surface area contributed by atoms with Gasteiger partial charge in [-0.2, -0.15) is 4.31 Å². The Morgan fingerprint density at radius 3 is 2.46 bits per heavy atom. The lowest BCUT2D eigenvalue weighted by molar-refractivity contribution is -0.121. The Morgan fingerprint density at radius 1 is 1.12 bits per heavy atom. The second-order valence-corrected chi connectivity index (χ2v) is 8.09. The summed E-state index contributed by atoms with van der Waals surface area (Å²) in [5.41, 5.74) is 0.743. The van der Waals surface area contributed by atoms with Gasteiger partial charge >= 0.3 is 0 Å². The fraction of sp³-hybridized carbons (Fsp3) is 0.211. The molecule has 0 fully saturated rings. The van der Waals surface area contributed by atoms with Crippen LogP contribution in [0.2, 0.25) is 0 Å². The quantitative estimate of drug-likeness (QED) is 0.721. The van der Waals surface area contributed by atoms with Crippen LogP contribution in [0.25, 0.3) is 11.0 Å². The van der Waals surface area contributed by atoms with Crippen molar-refractivity contribution in [2.75, 3.05) is 13.6 Å². The number of fused-ring (bicyclic) bond motifs is 1. The molecule has 26 heavy (non-hydrogen) atoms. The average Bonchev–Trinajstić information content (AvgIpc) is 3.06. The van der Waals surface area contributed by atoms with E-state index >= 15 is 0 Å². The number of hydrogen-bond acceptors (Lipinski definition) is 4. The van der Waals surface area contributed by atoms with Gasteiger partial charge in [0.25, 0.3) is 0 Å². The predicted octanol–water partition coefficient (Wildman–Crippen LogP) is 2.93. The van der Waals surface area contributed by atoms with Crippen LogP contribution in [0.15, 0.2) is 70.0 Å². The lowest BCUT2D eigenvalue weighted by Gasteiger charge is -2.18. The number of para-hydroxylation sites is 1. The highest BCUT2D eigenvalue weighted by molar-refractivity contribution is 7.89. The van der Waals surface area contributed by atoms with Gasteiger partial charge in [0.1, 0.15) is 11.3 Å². The number of furan rings is 1. The Balaban J connectivity index is 1.66. The van der Waals surface area contributed by atoms with Crippen molar-refractivity contribution in [3.63, 3.8) is 0 Å². The third-order valence-electron chi connectivity index (χ3n) is 4.07. The largest absolute Gasteiger partial charge is 0.459 e. The number of rotatable bonds is 6. The molecule has 7 heteroatoms. The minimum Gasteiger partial charge on any atom is -0.459 e. The molecule has 3 aromatic rings. The van der Waals surface area contributed by atoms with Crippen LogP contribution < -0.4 is 5.32 Å². The van der Waals surface area contributed by atoms with E-state index in [0.717, 1.165) is 15.3 Å². The summed E-state index contributed by atoms with van der Waals surface area (Å²) in [6.45, 7) is 1.52. The third-order valence-corrected chi connectivity index (χ3v) is 5.88. The van der Waals surface area contributed by atoms with Crippen LogP contribution in [-0.4, -0.2) is 32.2 Å². The normalized spacial score (nSPS) is 13.0. The van der Waals surface area contributed by atoms with E-state index in [4.69, 9.17) is 4.42 Å². The first kappa shape index (κ1) is 18.2. The fourth-order valence-corrected chi connectivity index (χ4v) is 3.78. The SMILES string of the molecule is CC(NC(=O)CN(C)S(=O)(=O)c1ccccc1)c1cc2ccccc2o1. The first-order valence-corrected chi connectivity index (χ1v) is 9.61. The molecule has 2 aromatic carbocycles. The van der Waals surface area contributed by atoms with Crippen LogP contribution >= 0.6 is 0 Å². The molecule has 0 aliphatic heterocycles. The summed E-state index contributed by atoms with van der Waals surface area (Å²) in [5, 5.41) is 3.72. The summed E-state index contributed by atoms with van der Waals surface area (Å²) in [6, 6.07) is 17.1. The van der Waals surface area contributed by atoms with Gasteiger partial charge in [-0.05, 0) is 31.2 Å². The number of amides is 1. The molecule has 3 rings (SSSR count). The molecule has 0 aliphatic rings. The van der Waals surface area contributed by atoms with Crippen LogP contribution in [0.5, 0.6) is 0 Å². The summed E-state index contributed by atoms with van der Waals surface area (Å²) in [5.74, 6) is 0.216. The molecular formula is C19H20N2O4S. The van der Waals surface area contributed by atoms with E-state index in [1.807, 2.05) is 30.3 Å². The summed E-state index contributed by atoms with van der Waals surface area (Å²) in [4.78, 5) is 12.4. The van der Waals surface area contributed by atoms with Gasteiger partial charge in [0.15, 0.2) is 0 Å². The zero-order valence-electron chi connectivity index (χ0n) is 14.5. The first-order valence-electron chi connectivity index (χ1n) is 8.17. The van der Waals surface area contributed by atoms with Gasteiger partial charge in [0, 0.05) is 12.4 Å². The number of likely N-dealkylation sites (N-methyl/N-ethyl adjacent to an activating group) is 1. The van der Waals surface area contributed by atoms with Gasteiger partial charge < -0.3 is 9.73 Å². The number of carbonyl (C=O) groups excluding carboxylic acids is 1. The minimum atomic E-state index is -3.71. The van der Waals surface area contributed by atoms with Crippen LogP contribution in [0.1, 0.15) is 18.7 Å². The summed E-state index contributed by atoms with van der Waals surface area (Å²) in [6.07, 6.45) is 0. The Labute approximate surface area is 152 Å². The Bertz CT molecular complexity index is 979. The van der Waals surface area contributed by atoms with Gasteiger partial charge in [0.05, 0.1) is 17.5 Å². The van der Waals surface area contributed by atoms with E-state index in [9.17, 15) is 13.2 Å². The molecule has 0 saturated carbocycles. The molecule has 6 nitrogen and oxygen atoms in total. The molecule has 0 spiro atoms.